The lowest BCUT2D eigenvalue weighted by Crippen LogP contribution is -2.12. The number of rotatable bonds is 6. The van der Waals surface area contributed by atoms with Crippen LogP contribution >= 0.6 is 12.2 Å². The summed E-state index contributed by atoms with van der Waals surface area (Å²) in [4.78, 5) is 0.148. The maximum absolute atomic E-state index is 9.82. The molecule has 0 amide bonds. The van der Waals surface area contributed by atoms with Crippen LogP contribution in [0.3, 0.4) is 0 Å². The molecule has 1 unspecified atom stereocenters. The van der Waals surface area contributed by atoms with Gasteiger partial charge in [0.25, 0.3) is 4.84 Å². The summed E-state index contributed by atoms with van der Waals surface area (Å²) in [5.74, 6) is 0.982. The Morgan fingerprint density at radius 2 is 2.21 bits per heavy atom. The minimum absolute atomic E-state index is 0.148. The highest BCUT2D eigenvalue weighted by Crippen LogP contribution is 2.17. The van der Waals surface area contributed by atoms with Gasteiger partial charge in [-0.1, -0.05) is 0 Å². The maximum atomic E-state index is 9.82. The lowest BCUT2D eigenvalue weighted by Gasteiger charge is -2.10. The third-order valence-corrected chi connectivity index (χ3v) is 2.58. The number of nitrogens with one attached hydrogen (secondary N) is 2. The summed E-state index contributed by atoms with van der Waals surface area (Å²) in [6, 6.07) is 7.47. The van der Waals surface area contributed by atoms with Crippen LogP contribution in [0.5, 0.6) is 5.75 Å². The summed E-state index contributed by atoms with van der Waals surface area (Å²) in [5.41, 5.74) is 0.872. The van der Waals surface area contributed by atoms with Gasteiger partial charge in [0.05, 0.1) is 6.61 Å². The van der Waals surface area contributed by atoms with Gasteiger partial charge >= 0.3 is 0 Å². The van der Waals surface area contributed by atoms with Gasteiger partial charge in [0.1, 0.15) is 11.9 Å². The van der Waals surface area contributed by atoms with Crippen LogP contribution in [0.2, 0.25) is 0 Å². The van der Waals surface area contributed by atoms with Crippen LogP contribution in [-0.2, 0) is 0 Å². The van der Waals surface area contributed by atoms with Crippen molar-refractivity contribution < 1.29 is 14.3 Å². The van der Waals surface area contributed by atoms with Gasteiger partial charge in [-0.2, -0.15) is 0 Å². The minimum Gasteiger partial charge on any atom is -0.494 e. The van der Waals surface area contributed by atoms with E-state index in [0.29, 0.717) is 6.61 Å². The Hall–Kier alpha value is -1.86. The molecule has 0 bridgehead atoms. The maximum Gasteiger partial charge on any atom is 0.284 e. The topological polar surface area (TPSA) is 83.3 Å². The van der Waals surface area contributed by atoms with E-state index in [4.69, 9.17) is 21.4 Å². The Morgan fingerprint density at radius 1 is 1.47 bits per heavy atom. The molecule has 0 saturated heterocycles. The van der Waals surface area contributed by atoms with Crippen molar-refractivity contribution in [3.8, 4) is 5.75 Å². The van der Waals surface area contributed by atoms with Gasteiger partial charge in [0, 0.05) is 12.2 Å². The molecule has 1 aromatic heterocycles. The molecule has 7 heteroatoms. The third-order valence-electron chi connectivity index (χ3n) is 2.40. The molecule has 1 aromatic carbocycles. The smallest absolute Gasteiger partial charge is 0.284 e. The summed E-state index contributed by atoms with van der Waals surface area (Å²) in [5, 5.41) is 19.1. The van der Waals surface area contributed by atoms with E-state index < -0.39 is 6.10 Å². The number of H-pyrrole nitrogens is 1. The van der Waals surface area contributed by atoms with Gasteiger partial charge < -0.3 is 19.6 Å². The zero-order chi connectivity index (χ0) is 13.7. The number of hydrogen-bond acceptors (Lipinski definition) is 6. The van der Waals surface area contributed by atoms with E-state index in [9.17, 15) is 5.11 Å². The van der Waals surface area contributed by atoms with Crippen LogP contribution in [0.4, 0.5) is 5.69 Å². The highest BCUT2D eigenvalue weighted by Gasteiger charge is 2.12. The summed E-state index contributed by atoms with van der Waals surface area (Å²) in [7, 11) is 0. The second-order valence-electron chi connectivity index (χ2n) is 3.81. The third kappa shape index (κ3) is 3.80. The molecule has 6 nitrogen and oxygen atoms in total. The fourth-order valence-corrected chi connectivity index (χ4v) is 1.65. The average molecular weight is 281 g/mol. The number of aliphatic hydroxyl groups is 1. The first-order valence-electron chi connectivity index (χ1n) is 5.89. The van der Waals surface area contributed by atoms with Crippen LogP contribution < -0.4 is 10.1 Å². The molecule has 102 valence electrons. The fourth-order valence-electron chi connectivity index (χ4n) is 1.52. The molecule has 0 aliphatic carbocycles. The zero-order valence-electron chi connectivity index (χ0n) is 10.4. The number of hydrogen-bond donors (Lipinski definition) is 3. The molecule has 0 aliphatic rings. The van der Waals surface area contributed by atoms with Gasteiger partial charge in [-0.15, -0.1) is 5.10 Å². The summed E-state index contributed by atoms with van der Waals surface area (Å²) < 4.78 is 10.4. The van der Waals surface area contributed by atoms with Crippen molar-refractivity contribution in [2.45, 2.75) is 13.0 Å². The monoisotopic (exact) mass is 281 g/mol. The Kier molecular flexibility index (Phi) is 4.53. The van der Waals surface area contributed by atoms with Crippen LogP contribution in [0, 0.1) is 4.84 Å². The molecule has 1 heterocycles. The first-order valence-corrected chi connectivity index (χ1v) is 6.30. The largest absolute Gasteiger partial charge is 0.494 e. The lowest BCUT2D eigenvalue weighted by atomic mass is 10.3. The molecule has 1 atom stereocenters. The normalized spacial score (nSPS) is 12.1. The van der Waals surface area contributed by atoms with Crippen molar-refractivity contribution in [2.24, 2.45) is 0 Å². The number of aliphatic hydroxyl groups excluding tert-OH is 1. The van der Waals surface area contributed by atoms with Crippen molar-refractivity contribution >= 4 is 17.9 Å². The van der Waals surface area contributed by atoms with Crippen molar-refractivity contribution in [1.82, 2.24) is 10.2 Å². The van der Waals surface area contributed by atoms with Crippen LogP contribution in [0.15, 0.2) is 28.7 Å². The zero-order valence-corrected chi connectivity index (χ0v) is 11.2. The van der Waals surface area contributed by atoms with E-state index in [1.807, 2.05) is 31.2 Å². The molecular weight excluding hydrogens is 266 g/mol. The number of anilines is 1. The van der Waals surface area contributed by atoms with E-state index in [1.54, 1.807) is 0 Å². The Balaban J connectivity index is 1.89. The fraction of sp³-hybridized carbons (Fsp3) is 0.333. The van der Waals surface area contributed by atoms with E-state index in [1.165, 1.54) is 0 Å². The van der Waals surface area contributed by atoms with Crippen LogP contribution in [0.25, 0.3) is 0 Å². The van der Waals surface area contributed by atoms with Gasteiger partial charge in [-0.25, -0.2) is 5.10 Å². The highest BCUT2D eigenvalue weighted by atomic mass is 32.1. The Morgan fingerprint density at radius 3 is 2.79 bits per heavy atom. The van der Waals surface area contributed by atoms with Crippen molar-refractivity contribution in [2.75, 3.05) is 18.5 Å². The summed E-state index contributed by atoms with van der Waals surface area (Å²) in [6.07, 6.45) is -0.862. The molecule has 19 heavy (non-hydrogen) atoms. The van der Waals surface area contributed by atoms with Gasteiger partial charge in [0.2, 0.25) is 5.89 Å². The van der Waals surface area contributed by atoms with Gasteiger partial charge in [0.15, 0.2) is 0 Å². The van der Waals surface area contributed by atoms with Crippen molar-refractivity contribution in [3.63, 3.8) is 0 Å². The molecular formula is C12H15N3O3S. The second kappa shape index (κ2) is 6.35. The first-order chi connectivity index (χ1) is 9.19. The summed E-state index contributed by atoms with van der Waals surface area (Å²) in [6.45, 7) is 2.84. The number of ether oxygens (including phenoxy) is 1. The van der Waals surface area contributed by atoms with E-state index in [0.717, 1.165) is 11.4 Å². The Bertz CT molecular complexity index is 564. The Labute approximate surface area is 115 Å². The molecule has 0 aliphatic heterocycles. The van der Waals surface area contributed by atoms with Crippen molar-refractivity contribution in [1.29, 1.82) is 0 Å². The van der Waals surface area contributed by atoms with E-state index in [2.05, 4.69) is 15.5 Å². The average Bonchev–Trinajstić information content (AvgIpc) is 2.85. The predicted molar refractivity (Wildman–Crippen MR) is 72.7 cm³/mol. The SMILES string of the molecule is CCOc1ccc(NCC(O)c2n[nH]c(=S)o2)cc1. The molecule has 0 radical (unpaired) electrons. The number of aromatic amines is 1. The summed E-state index contributed by atoms with van der Waals surface area (Å²) >= 11 is 4.74. The molecule has 0 fully saturated rings. The van der Waals surface area contributed by atoms with Crippen LogP contribution in [0.1, 0.15) is 18.9 Å². The van der Waals surface area contributed by atoms with Gasteiger partial charge in [-0.05, 0) is 43.4 Å². The number of benzene rings is 1. The van der Waals surface area contributed by atoms with Gasteiger partial charge in [-0.3, -0.25) is 0 Å². The standard InChI is InChI=1S/C12H15N3O3S/c1-2-17-9-5-3-8(4-6-9)13-7-10(16)11-14-15-12(19)18-11/h3-6,10,13,16H,2,7H2,1H3,(H,15,19). The first kappa shape index (κ1) is 13.6. The number of aromatic nitrogens is 2. The second-order valence-corrected chi connectivity index (χ2v) is 4.18. The van der Waals surface area contributed by atoms with Crippen LogP contribution in [-0.4, -0.2) is 28.5 Å². The van der Waals surface area contributed by atoms with E-state index in [-0.39, 0.29) is 17.3 Å². The predicted octanol–water partition coefficient (Wildman–Crippen LogP) is 2.28. The molecule has 0 spiro atoms. The molecule has 2 aromatic rings. The quantitative estimate of drug-likeness (QED) is 0.705. The molecule has 0 saturated carbocycles. The lowest BCUT2D eigenvalue weighted by molar-refractivity contribution is 0.155. The highest BCUT2D eigenvalue weighted by molar-refractivity contribution is 7.71. The molecule has 2 rings (SSSR count). The molecule has 3 N–H and O–H groups in total. The van der Waals surface area contributed by atoms with Crippen molar-refractivity contribution in [3.05, 3.63) is 35.0 Å². The minimum atomic E-state index is -0.862. The number of nitrogens with zero attached hydrogens (tertiary/aromatic N) is 1. The van der Waals surface area contributed by atoms with E-state index >= 15 is 0 Å².